The van der Waals surface area contributed by atoms with Gasteiger partial charge in [-0.2, -0.15) is 5.10 Å². The number of nitrogens with one attached hydrogen (secondary N) is 1. The van der Waals surface area contributed by atoms with Gasteiger partial charge in [-0.25, -0.2) is 0 Å². The summed E-state index contributed by atoms with van der Waals surface area (Å²) in [5, 5.41) is 8.19. The first-order valence-corrected chi connectivity index (χ1v) is 5.02. The molecule has 0 aromatic carbocycles. The molecule has 0 unspecified atom stereocenters. The highest BCUT2D eigenvalue weighted by Crippen LogP contribution is 2.12. The van der Waals surface area contributed by atoms with Crippen molar-refractivity contribution in [2.24, 2.45) is 0 Å². The molecule has 0 aliphatic heterocycles. The Morgan fingerprint density at radius 1 is 1.62 bits per heavy atom. The van der Waals surface area contributed by atoms with E-state index in [-0.39, 0.29) is 0 Å². The first-order chi connectivity index (χ1) is 6.25. The summed E-state index contributed by atoms with van der Waals surface area (Å²) in [6.45, 7) is 7.09. The smallest absolute Gasteiger partial charge is 0.0814 e. The lowest BCUT2D eigenvalue weighted by atomic mass is 10.4. The normalized spacial score (nSPS) is 10.7. The van der Waals surface area contributed by atoms with Crippen LogP contribution in [0.3, 0.4) is 0 Å². The third-order valence-electron chi connectivity index (χ3n) is 2.02. The molecule has 4 heteroatoms. The Morgan fingerprint density at radius 3 is 2.92 bits per heavy atom. The van der Waals surface area contributed by atoms with Gasteiger partial charge in [0.25, 0.3) is 0 Å². The number of hydrogen-bond acceptors (Lipinski definition) is 2. The van der Waals surface area contributed by atoms with Crippen molar-refractivity contribution in [1.29, 1.82) is 0 Å². The van der Waals surface area contributed by atoms with Gasteiger partial charge < -0.3 is 5.32 Å². The average Bonchev–Trinajstić information content (AvgIpc) is 2.43. The fourth-order valence-electron chi connectivity index (χ4n) is 1.18. The second-order valence-corrected chi connectivity index (χ2v) is 3.42. The van der Waals surface area contributed by atoms with E-state index in [4.69, 9.17) is 11.6 Å². The largest absolute Gasteiger partial charge is 0.317 e. The Kier molecular flexibility index (Phi) is 4.25. The lowest BCUT2D eigenvalue weighted by Crippen LogP contribution is -2.16. The first kappa shape index (κ1) is 10.5. The van der Waals surface area contributed by atoms with E-state index in [1.165, 1.54) is 0 Å². The molecule has 13 heavy (non-hydrogen) atoms. The molecule has 0 saturated heterocycles. The standard InChI is InChI=1S/C9H16ClN3/c1-3-11-5-4-6-13-8(2)9(10)7-12-13/h7,11H,3-6H2,1-2H3. The zero-order valence-corrected chi connectivity index (χ0v) is 8.93. The molecule has 3 nitrogen and oxygen atoms in total. The van der Waals surface area contributed by atoms with Gasteiger partial charge in [-0.3, -0.25) is 4.68 Å². The number of hydrogen-bond donors (Lipinski definition) is 1. The molecule has 0 amide bonds. The molecule has 1 heterocycles. The van der Waals surface area contributed by atoms with Gasteiger partial charge in [0.05, 0.1) is 16.9 Å². The number of halogens is 1. The fraction of sp³-hybridized carbons (Fsp3) is 0.667. The van der Waals surface area contributed by atoms with Gasteiger partial charge in [-0.05, 0) is 26.4 Å². The second-order valence-electron chi connectivity index (χ2n) is 3.01. The number of rotatable bonds is 5. The minimum absolute atomic E-state index is 0.753. The number of nitrogens with zero attached hydrogens (tertiary/aromatic N) is 2. The van der Waals surface area contributed by atoms with Gasteiger partial charge in [0, 0.05) is 6.54 Å². The highest BCUT2D eigenvalue weighted by molar-refractivity contribution is 6.31. The summed E-state index contributed by atoms with van der Waals surface area (Å²) in [5.41, 5.74) is 1.05. The molecule has 1 aromatic heterocycles. The van der Waals surface area contributed by atoms with Crippen molar-refractivity contribution in [3.05, 3.63) is 16.9 Å². The topological polar surface area (TPSA) is 29.9 Å². The minimum Gasteiger partial charge on any atom is -0.317 e. The van der Waals surface area contributed by atoms with E-state index in [0.29, 0.717) is 0 Å². The van der Waals surface area contributed by atoms with Crippen LogP contribution in [0, 0.1) is 6.92 Å². The molecule has 1 aromatic rings. The van der Waals surface area contributed by atoms with Crippen molar-refractivity contribution >= 4 is 11.6 Å². The van der Waals surface area contributed by atoms with Gasteiger partial charge >= 0.3 is 0 Å². The van der Waals surface area contributed by atoms with Crippen LogP contribution in [0.5, 0.6) is 0 Å². The van der Waals surface area contributed by atoms with Crippen LogP contribution < -0.4 is 5.32 Å². The number of aryl methyl sites for hydroxylation is 1. The third-order valence-corrected chi connectivity index (χ3v) is 2.39. The monoisotopic (exact) mass is 201 g/mol. The van der Waals surface area contributed by atoms with Crippen LogP contribution in [-0.4, -0.2) is 22.9 Å². The lowest BCUT2D eigenvalue weighted by molar-refractivity contribution is 0.540. The van der Waals surface area contributed by atoms with Crippen molar-refractivity contribution in [2.75, 3.05) is 13.1 Å². The van der Waals surface area contributed by atoms with E-state index in [1.807, 2.05) is 11.6 Å². The number of aromatic nitrogens is 2. The molecule has 0 fully saturated rings. The van der Waals surface area contributed by atoms with E-state index in [9.17, 15) is 0 Å². The van der Waals surface area contributed by atoms with Gasteiger partial charge in [0.1, 0.15) is 0 Å². The maximum absolute atomic E-state index is 5.87. The highest BCUT2D eigenvalue weighted by atomic mass is 35.5. The summed E-state index contributed by atoms with van der Waals surface area (Å²) in [7, 11) is 0. The Balaban J connectivity index is 2.32. The summed E-state index contributed by atoms with van der Waals surface area (Å²) in [4.78, 5) is 0. The fourth-order valence-corrected chi connectivity index (χ4v) is 1.32. The van der Waals surface area contributed by atoms with Crippen molar-refractivity contribution in [1.82, 2.24) is 15.1 Å². The van der Waals surface area contributed by atoms with Crippen LogP contribution in [0.4, 0.5) is 0 Å². The third kappa shape index (κ3) is 3.01. The van der Waals surface area contributed by atoms with E-state index < -0.39 is 0 Å². The van der Waals surface area contributed by atoms with E-state index in [0.717, 1.165) is 36.8 Å². The van der Waals surface area contributed by atoms with Crippen LogP contribution in [0.25, 0.3) is 0 Å². The van der Waals surface area contributed by atoms with Crippen LogP contribution >= 0.6 is 11.6 Å². The van der Waals surface area contributed by atoms with E-state index in [1.54, 1.807) is 6.20 Å². The van der Waals surface area contributed by atoms with Crippen LogP contribution in [0.15, 0.2) is 6.20 Å². The molecule has 0 atom stereocenters. The van der Waals surface area contributed by atoms with Crippen LogP contribution in [0.2, 0.25) is 5.02 Å². The van der Waals surface area contributed by atoms with Gasteiger partial charge in [0.2, 0.25) is 0 Å². The van der Waals surface area contributed by atoms with Gasteiger partial charge in [0.15, 0.2) is 0 Å². The molecule has 0 saturated carbocycles. The molecule has 74 valence electrons. The lowest BCUT2D eigenvalue weighted by Gasteiger charge is -2.04. The molecule has 0 aliphatic carbocycles. The van der Waals surface area contributed by atoms with Crippen molar-refractivity contribution in [2.45, 2.75) is 26.8 Å². The summed E-state index contributed by atoms with van der Waals surface area (Å²) < 4.78 is 1.94. The molecule has 0 radical (unpaired) electrons. The van der Waals surface area contributed by atoms with E-state index in [2.05, 4.69) is 17.3 Å². The Bertz CT molecular complexity index is 257. The molecular weight excluding hydrogens is 186 g/mol. The maximum Gasteiger partial charge on any atom is 0.0814 e. The molecule has 0 bridgehead atoms. The summed E-state index contributed by atoms with van der Waals surface area (Å²) in [6, 6.07) is 0. The predicted molar refractivity (Wildman–Crippen MR) is 55.1 cm³/mol. The summed E-state index contributed by atoms with van der Waals surface area (Å²) in [6.07, 6.45) is 2.79. The summed E-state index contributed by atoms with van der Waals surface area (Å²) >= 11 is 5.87. The average molecular weight is 202 g/mol. The van der Waals surface area contributed by atoms with Crippen molar-refractivity contribution in [3.63, 3.8) is 0 Å². The van der Waals surface area contributed by atoms with E-state index >= 15 is 0 Å². The molecule has 1 rings (SSSR count). The van der Waals surface area contributed by atoms with Gasteiger partial charge in [-0.15, -0.1) is 0 Å². The SMILES string of the molecule is CCNCCCn1ncc(Cl)c1C. The Labute approximate surface area is 84.1 Å². The highest BCUT2D eigenvalue weighted by Gasteiger charge is 2.02. The second kappa shape index (κ2) is 5.25. The predicted octanol–water partition coefficient (Wildman–Crippen LogP) is 1.84. The zero-order chi connectivity index (χ0) is 9.68. The summed E-state index contributed by atoms with van der Waals surface area (Å²) in [5.74, 6) is 0. The Hall–Kier alpha value is -0.540. The molecule has 1 N–H and O–H groups in total. The minimum atomic E-state index is 0.753. The van der Waals surface area contributed by atoms with Crippen molar-refractivity contribution < 1.29 is 0 Å². The van der Waals surface area contributed by atoms with Gasteiger partial charge in [-0.1, -0.05) is 18.5 Å². The van der Waals surface area contributed by atoms with Crippen LogP contribution in [0.1, 0.15) is 19.0 Å². The Morgan fingerprint density at radius 2 is 2.38 bits per heavy atom. The molecule has 0 aliphatic rings. The maximum atomic E-state index is 5.87. The zero-order valence-electron chi connectivity index (χ0n) is 8.18. The quantitative estimate of drug-likeness (QED) is 0.737. The first-order valence-electron chi connectivity index (χ1n) is 4.64. The molecule has 0 spiro atoms. The van der Waals surface area contributed by atoms with Crippen molar-refractivity contribution in [3.8, 4) is 0 Å². The van der Waals surface area contributed by atoms with Crippen LogP contribution in [-0.2, 0) is 6.54 Å². The molecular formula is C9H16ClN3.